The zero-order chi connectivity index (χ0) is 40.7. The molecule has 0 aliphatic heterocycles. The van der Waals surface area contributed by atoms with Gasteiger partial charge in [0.05, 0.1) is 29.2 Å². The number of carbonyl (C=O) groups excluding carboxylic acids is 2. The highest BCUT2D eigenvalue weighted by Gasteiger charge is 2.29. The molecule has 58 heavy (non-hydrogen) atoms. The number of nitrogens with one attached hydrogen (secondary N) is 1. The van der Waals surface area contributed by atoms with Crippen LogP contribution in [0.5, 0.6) is 0 Å². The number of carbonyl (C=O) groups is 2. The van der Waals surface area contributed by atoms with Gasteiger partial charge in [0.15, 0.2) is 11.6 Å². The molecule has 0 radical (unpaired) electrons. The van der Waals surface area contributed by atoms with Gasteiger partial charge in [0.2, 0.25) is 32.2 Å². The van der Waals surface area contributed by atoms with Crippen LogP contribution in [0.2, 0.25) is 0 Å². The van der Waals surface area contributed by atoms with E-state index in [2.05, 4.69) is 35.7 Å². The first kappa shape index (κ1) is 40.0. The molecule has 2 amide bonds. The van der Waals surface area contributed by atoms with E-state index in [4.69, 9.17) is 0 Å². The highest BCUT2D eigenvalue weighted by molar-refractivity contribution is 8.00. The number of aromatic nitrogens is 8. The van der Waals surface area contributed by atoms with Crippen molar-refractivity contribution < 1.29 is 26.4 Å². The Balaban J connectivity index is 1.12. The topological polar surface area (TPSA) is 205 Å². The molecule has 0 aliphatic carbocycles. The Kier molecular flexibility index (Phi) is 12.1. The van der Waals surface area contributed by atoms with Crippen molar-refractivity contribution in [3.05, 3.63) is 140 Å². The Labute approximate surface area is 341 Å². The van der Waals surface area contributed by atoms with Crippen LogP contribution in [0, 0.1) is 0 Å². The molecule has 0 aliphatic rings. The first-order chi connectivity index (χ1) is 28.0. The summed E-state index contributed by atoms with van der Waals surface area (Å²) in [5.41, 5.74) is 2.59. The van der Waals surface area contributed by atoms with E-state index in [1.807, 2.05) is 12.1 Å². The van der Waals surface area contributed by atoms with Gasteiger partial charge >= 0.3 is 0 Å². The maximum atomic E-state index is 14.3. The average Bonchev–Trinajstić information content (AvgIpc) is 3.89. The summed E-state index contributed by atoms with van der Waals surface area (Å²) in [7, 11) is -8.21. The molecule has 7 rings (SSSR count). The van der Waals surface area contributed by atoms with Crippen LogP contribution in [-0.4, -0.2) is 84.7 Å². The zero-order valence-electron chi connectivity index (χ0n) is 30.4. The van der Waals surface area contributed by atoms with Gasteiger partial charge in [0.25, 0.3) is 10.0 Å². The molecule has 0 fully saturated rings. The van der Waals surface area contributed by atoms with E-state index in [9.17, 15) is 26.4 Å². The third-order valence-corrected chi connectivity index (χ3v) is 13.0. The maximum Gasteiger partial charge on any atom is 0.271 e. The lowest BCUT2D eigenvalue weighted by molar-refractivity contribution is -0.116. The maximum absolute atomic E-state index is 14.3. The van der Waals surface area contributed by atoms with Crippen molar-refractivity contribution >= 4 is 66.8 Å². The first-order valence-corrected chi connectivity index (χ1v) is 22.5. The molecule has 4 heterocycles. The molecule has 0 saturated carbocycles. The normalized spacial score (nSPS) is 11.6. The van der Waals surface area contributed by atoms with Gasteiger partial charge in [0.1, 0.15) is 0 Å². The van der Waals surface area contributed by atoms with Crippen LogP contribution < -0.4 is 10.2 Å². The molecule has 0 atom stereocenters. The van der Waals surface area contributed by atoms with Crippen LogP contribution in [-0.2, 0) is 36.2 Å². The summed E-state index contributed by atoms with van der Waals surface area (Å²) in [5.74, 6) is -0.995. The number of nitrogens with zero attached hydrogens (tertiary/aromatic N) is 9. The van der Waals surface area contributed by atoms with E-state index in [1.165, 1.54) is 29.4 Å². The third kappa shape index (κ3) is 9.15. The lowest BCUT2D eigenvalue weighted by Crippen LogP contribution is -2.32. The predicted molar refractivity (Wildman–Crippen MR) is 220 cm³/mol. The van der Waals surface area contributed by atoms with Crippen LogP contribution in [0.1, 0.15) is 5.56 Å². The van der Waals surface area contributed by atoms with Crippen molar-refractivity contribution in [1.82, 2.24) is 38.3 Å². The summed E-state index contributed by atoms with van der Waals surface area (Å²) in [5, 5.41) is 19.2. The predicted octanol–water partition coefficient (Wildman–Crippen LogP) is 5.09. The van der Waals surface area contributed by atoms with E-state index < -0.39 is 20.0 Å². The van der Waals surface area contributed by atoms with Gasteiger partial charge < -0.3 is 10.2 Å². The molecular formula is C38H32N10O6S4. The van der Waals surface area contributed by atoms with E-state index in [0.29, 0.717) is 28.1 Å². The Morgan fingerprint density at radius 1 is 0.655 bits per heavy atom. The van der Waals surface area contributed by atoms with Crippen LogP contribution in [0.25, 0.3) is 22.8 Å². The summed E-state index contributed by atoms with van der Waals surface area (Å²) >= 11 is 1.83. The van der Waals surface area contributed by atoms with E-state index >= 15 is 0 Å². The number of benzene rings is 3. The molecule has 0 unspecified atom stereocenters. The molecule has 20 heteroatoms. The van der Waals surface area contributed by atoms with Crippen molar-refractivity contribution in [3.63, 3.8) is 0 Å². The number of hydrogen-bond donors (Lipinski definition) is 1. The molecule has 0 bridgehead atoms. The smallest absolute Gasteiger partial charge is 0.271 e. The third-order valence-electron chi connectivity index (χ3n) is 8.25. The van der Waals surface area contributed by atoms with Crippen LogP contribution in [0.4, 0.5) is 11.4 Å². The molecule has 0 saturated heterocycles. The Morgan fingerprint density at radius 2 is 1.21 bits per heavy atom. The Morgan fingerprint density at radius 3 is 1.78 bits per heavy atom. The minimum Gasteiger partial charge on any atom is -0.325 e. The number of thioether (sulfide) groups is 2. The number of amides is 2. The number of para-hydroxylation sites is 2. The second-order valence-corrected chi connectivity index (χ2v) is 17.8. The molecular weight excluding hydrogens is 821 g/mol. The van der Waals surface area contributed by atoms with Crippen molar-refractivity contribution in [2.45, 2.75) is 21.8 Å². The fraction of sp³-hybridized carbons (Fsp3) is 0.105. The minimum atomic E-state index is -4.34. The monoisotopic (exact) mass is 852 g/mol. The number of hydrogen-bond acceptors (Lipinski definition) is 14. The summed E-state index contributed by atoms with van der Waals surface area (Å²) in [6, 6.07) is 30.4. The Hall–Kier alpha value is -6.22. The average molecular weight is 853 g/mol. The zero-order valence-corrected chi connectivity index (χ0v) is 33.7. The van der Waals surface area contributed by atoms with Gasteiger partial charge in [-0.3, -0.25) is 19.6 Å². The van der Waals surface area contributed by atoms with Crippen LogP contribution >= 0.6 is 23.5 Å². The van der Waals surface area contributed by atoms with Gasteiger partial charge in [-0.2, -0.15) is 7.94 Å². The number of rotatable bonds is 15. The first-order valence-electron chi connectivity index (χ1n) is 17.2. The van der Waals surface area contributed by atoms with Gasteiger partial charge in [-0.25, -0.2) is 16.8 Å². The SMILES string of the molecule is CS(=O)(=O)n1c(SCC(=O)N(Cc2ccc(S(=O)(=O)n3c(SCC(=O)Nc4ccccc4)nnc3-c3cccnc3)cc2)c2ccccc2)nnc1-c1cccnc1. The molecule has 3 aromatic carbocycles. The molecule has 4 aromatic heterocycles. The van der Waals surface area contributed by atoms with Gasteiger partial charge in [-0.15, -0.1) is 20.4 Å². The van der Waals surface area contributed by atoms with Crippen molar-refractivity contribution in [2.75, 3.05) is 28.0 Å². The van der Waals surface area contributed by atoms with Gasteiger partial charge in [0, 0.05) is 47.3 Å². The molecule has 7 aromatic rings. The molecule has 1 N–H and O–H groups in total. The lowest BCUT2D eigenvalue weighted by atomic mass is 10.2. The van der Waals surface area contributed by atoms with Crippen LogP contribution in [0.15, 0.2) is 149 Å². The van der Waals surface area contributed by atoms with E-state index in [-0.39, 0.29) is 56.7 Å². The number of anilines is 2. The molecule has 16 nitrogen and oxygen atoms in total. The fourth-order valence-electron chi connectivity index (χ4n) is 5.59. The summed E-state index contributed by atoms with van der Waals surface area (Å²) in [4.78, 5) is 36.3. The van der Waals surface area contributed by atoms with Crippen molar-refractivity contribution in [2.24, 2.45) is 0 Å². The molecule has 0 spiro atoms. The number of pyridine rings is 2. The standard InChI is InChI=1S/C38H32N10O6S4/c1-57(51,52)47-35(28-10-8-20-39-22-28)42-44-37(47)56-26-34(50)46(31-14-6-3-7-15-31)24-27-16-18-32(19-17-27)58(53,54)48-36(29-11-9-21-40-23-29)43-45-38(48)55-25-33(49)41-30-12-4-2-5-13-30/h2-23H,24-26H2,1H3,(H,41,49). The largest absolute Gasteiger partial charge is 0.325 e. The second kappa shape index (κ2) is 17.5. The molecule has 294 valence electrons. The lowest BCUT2D eigenvalue weighted by Gasteiger charge is -2.23. The van der Waals surface area contributed by atoms with E-state index in [0.717, 1.165) is 37.7 Å². The quantitative estimate of drug-likeness (QED) is 0.134. The summed E-state index contributed by atoms with van der Waals surface area (Å²) in [6.07, 6.45) is 7.06. The van der Waals surface area contributed by atoms with E-state index in [1.54, 1.807) is 97.3 Å². The van der Waals surface area contributed by atoms with Gasteiger partial charge in [-0.05, 0) is 66.2 Å². The Bertz CT molecular complexity index is 2760. The highest BCUT2D eigenvalue weighted by atomic mass is 32.2. The van der Waals surface area contributed by atoms with Crippen molar-refractivity contribution in [3.8, 4) is 22.8 Å². The van der Waals surface area contributed by atoms with Gasteiger partial charge in [-0.1, -0.05) is 72.1 Å². The summed E-state index contributed by atoms with van der Waals surface area (Å²) < 4.78 is 56.3. The minimum absolute atomic E-state index is 0.00581. The highest BCUT2D eigenvalue weighted by Crippen LogP contribution is 2.30. The van der Waals surface area contributed by atoms with Crippen LogP contribution in [0.3, 0.4) is 0 Å². The second-order valence-electron chi connectivity index (χ2n) is 12.3. The fourth-order valence-corrected chi connectivity index (χ4v) is 10.0. The van der Waals surface area contributed by atoms with Crippen molar-refractivity contribution in [1.29, 1.82) is 0 Å². The summed E-state index contributed by atoms with van der Waals surface area (Å²) in [6.45, 7) is 0.0502.